The fourth-order valence-corrected chi connectivity index (χ4v) is 5.85. The summed E-state index contributed by atoms with van der Waals surface area (Å²) >= 11 is 0. The zero-order valence-electron chi connectivity index (χ0n) is 32.0. The monoisotopic (exact) mass is 780 g/mol. The van der Waals surface area contributed by atoms with Crippen LogP contribution in [-0.2, 0) is 38.7 Å². The van der Waals surface area contributed by atoms with E-state index in [1.807, 2.05) is 60.8 Å². The molecule has 1 aliphatic rings. The molecule has 54 heavy (non-hydrogen) atoms. The molecule has 0 aromatic heterocycles. The molecule has 0 radical (unpaired) electrons. The highest BCUT2D eigenvalue weighted by Gasteiger charge is 2.46. The Morgan fingerprint density at radius 3 is 1.67 bits per heavy atom. The normalized spacial score (nSPS) is 21.9. The van der Waals surface area contributed by atoms with Gasteiger partial charge < -0.3 is 34.3 Å². The van der Waals surface area contributed by atoms with Crippen molar-refractivity contribution in [3.05, 3.63) is 85.1 Å². The standard InChI is InChI=1S/C41H64O12S/c1-3-5-7-9-11-13-15-17-19-21-23-25-27-29-36(42)50-31-34(32-51-41-40(46)39(45)38(44)35(53-41)33-54(47,48)49)52-37(43)30-28-26-24-22-20-18-16-14-12-10-8-6-4-2/h5-16,18,20,34-35,38-41,44-46H,3-4,17,19,21-33H2,1-2H3,(H,47,48,49)/b7-5+,8-6+,11-9+,12-10+,15-13+,16-14+,20-18+/t34?,35-,38-,39?,40?,41+/m0/s1. The van der Waals surface area contributed by atoms with Gasteiger partial charge in [0, 0.05) is 12.8 Å². The Balaban J connectivity index is 2.58. The first-order valence-corrected chi connectivity index (χ1v) is 20.8. The number of carbonyl (C=O) groups excluding carboxylic acids is 2. The van der Waals surface area contributed by atoms with Crippen LogP contribution in [-0.4, -0.2) is 96.0 Å². The summed E-state index contributed by atoms with van der Waals surface area (Å²) < 4.78 is 53.7. The van der Waals surface area contributed by atoms with Crippen molar-refractivity contribution in [2.45, 2.75) is 141 Å². The average Bonchev–Trinajstić information content (AvgIpc) is 3.13. The van der Waals surface area contributed by atoms with E-state index in [2.05, 4.69) is 38.2 Å². The van der Waals surface area contributed by atoms with Gasteiger partial charge in [-0.2, -0.15) is 8.42 Å². The first-order chi connectivity index (χ1) is 26.0. The lowest BCUT2D eigenvalue weighted by Gasteiger charge is -2.40. The lowest BCUT2D eigenvalue weighted by atomic mass is 10.00. The van der Waals surface area contributed by atoms with E-state index in [-0.39, 0.29) is 19.4 Å². The van der Waals surface area contributed by atoms with Crippen LogP contribution in [0.2, 0.25) is 0 Å². The highest BCUT2D eigenvalue weighted by molar-refractivity contribution is 7.85. The van der Waals surface area contributed by atoms with Gasteiger partial charge in [0.15, 0.2) is 12.4 Å². The van der Waals surface area contributed by atoms with E-state index in [1.165, 1.54) is 0 Å². The third kappa shape index (κ3) is 25.8. The fraction of sp³-hybridized carbons (Fsp3) is 0.610. The molecule has 1 rings (SSSR count). The predicted octanol–water partition coefficient (Wildman–Crippen LogP) is 6.55. The molecule has 0 saturated carbocycles. The molecule has 13 heteroatoms. The molecule has 0 amide bonds. The molecule has 1 aliphatic heterocycles. The molecule has 3 unspecified atom stereocenters. The molecular formula is C41H64O12S. The summed E-state index contributed by atoms with van der Waals surface area (Å²) in [4.78, 5) is 25.2. The number of hydrogen-bond acceptors (Lipinski definition) is 11. The Hall–Kier alpha value is -3.17. The van der Waals surface area contributed by atoms with Crippen LogP contribution >= 0.6 is 0 Å². The van der Waals surface area contributed by atoms with Gasteiger partial charge in [-0.25, -0.2) is 0 Å². The summed E-state index contributed by atoms with van der Waals surface area (Å²) in [5.41, 5.74) is 0. The van der Waals surface area contributed by atoms with Crippen LogP contribution in [0.15, 0.2) is 85.1 Å². The molecule has 6 atom stereocenters. The third-order valence-electron chi connectivity index (χ3n) is 8.13. The van der Waals surface area contributed by atoms with Gasteiger partial charge >= 0.3 is 11.9 Å². The summed E-state index contributed by atoms with van der Waals surface area (Å²) in [6.07, 6.45) is 29.3. The number of allylic oxidation sites excluding steroid dienone is 14. The van der Waals surface area contributed by atoms with E-state index in [0.29, 0.717) is 12.8 Å². The van der Waals surface area contributed by atoms with Crippen LogP contribution in [0.4, 0.5) is 0 Å². The largest absolute Gasteiger partial charge is 0.462 e. The molecule has 4 N–H and O–H groups in total. The minimum Gasteiger partial charge on any atom is -0.462 e. The van der Waals surface area contributed by atoms with Gasteiger partial charge in [0.1, 0.15) is 36.8 Å². The van der Waals surface area contributed by atoms with Crippen molar-refractivity contribution >= 4 is 22.1 Å². The van der Waals surface area contributed by atoms with Crippen LogP contribution in [0.5, 0.6) is 0 Å². The summed E-state index contributed by atoms with van der Waals surface area (Å²) in [6, 6.07) is 0. The van der Waals surface area contributed by atoms with Crippen molar-refractivity contribution in [1.29, 1.82) is 0 Å². The number of aliphatic hydroxyl groups excluding tert-OH is 3. The van der Waals surface area contributed by atoms with Crippen LogP contribution < -0.4 is 0 Å². The molecule has 1 heterocycles. The third-order valence-corrected chi connectivity index (χ3v) is 8.88. The van der Waals surface area contributed by atoms with Crippen LogP contribution in [0.1, 0.15) is 104 Å². The molecule has 0 bridgehead atoms. The minimum atomic E-state index is -4.61. The van der Waals surface area contributed by atoms with Gasteiger partial charge in [0.25, 0.3) is 10.1 Å². The topological polar surface area (TPSA) is 186 Å². The van der Waals surface area contributed by atoms with Crippen molar-refractivity contribution in [2.24, 2.45) is 0 Å². The molecule has 306 valence electrons. The number of esters is 2. The smallest absolute Gasteiger partial charge is 0.306 e. The first kappa shape index (κ1) is 48.8. The van der Waals surface area contributed by atoms with Crippen molar-refractivity contribution in [3.63, 3.8) is 0 Å². The fourth-order valence-electron chi connectivity index (χ4n) is 5.15. The average molecular weight is 781 g/mol. The van der Waals surface area contributed by atoms with E-state index in [0.717, 1.165) is 64.2 Å². The van der Waals surface area contributed by atoms with Gasteiger partial charge in [-0.3, -0.25) is 14.1 Å². The number of ether oxygens (including phenoxy) is 4. The number of hydrogen-bond donors (Lipinski definition) is 4. The Morgan fingerprint density at radius 1 is 0.630 bits per heavy atom. The Labute approximate surface area is 322 Å². The maximum Gasteiger partial charge on any atom is 0.306 e. The zero-order chi connectivity index (χ0) is 39.9. The molecule has 0 aromatic carbocycles. The van der Waals surface area contributed by atoms with Crippen molar-refractivity contribution in [2.75, 3.05) is 19.0 Å². The van der Waals surface area contributed by atoms with Crippen LogP contribution in [0.3, 0.4) is 0 Å². The number of aliphatic hydroxyl groups is 3. The van der Waals surface area contributed by atoms with E-state index in [4.69, 9.17) is 18.9 Å². The van der Waals surface area contributed by atoms with Gasteiger partial charge in [0.2, 0.25) is 0 Å². The molecular weight excluding hydrogens is 717 g/mol. The van der Waals surface area contributed by atoms with Gasteiger partial charge in [-0.15, -0.1) is 0 Å². The lowest BCUT2D eigenvalue weighted by molar-refractivity contribution is -0.297. The Bertz CT molecular complexity index is 1330. The van der Waals surface area contributed by atoms with E-state index >= 15 is 0 Å². The maximum atomic E-state index is 12.7. The summed E-state index contributed by atoms with van der Waals surface area (Å²) in [7, 11) is -4.61. The van der Waals surface area contributed by atoms with Crippen LogP contribution in [0, 0.1) is 0 Å². The molecule has 1 fully saturated rings. The van der Waals surface area contributed by atoms with E-state index in [1.54, 1.807) is 0 Å². The molecule has 12 nitrogen and oxygen atoms in total. The van der Waals surface area contributed by atoms with E-state index in [9.17, 15) is 37.9 Å². The SMILES string of the molecule is CC/C=C/C=C/C=C/C=C/CCCCCC(=O)OC(COC(=O)CCCCCCC/C=C/C=C/C=C/CC)CO[C@@H]1O[C@@H](CS(=O)(=O)O)[C@H](O)C(O)C1O. The second-order valence-electron chi connectivity index (χ2n) is 13.0. The second kappa shape index (κ2) is 31.1. The zero-order valence-corrected chi connectivity index (χ0v) is 32.8. The van der Waals surface area contributed by atoms with Gasteiger partial charge in [-0.1, -0.05) is 125 Å². The minimum absolute atomic E-state index is 0.108. The van der Waals surface area contributed by atoms with Gasteiger partial charge in [0.05, 0.1) is 6.61 Å². The first-order valence-electron chi connectivity index (χ1n) is 19.2. The molecule has 0 spiro atoms. The van der Waals surface area contributed by atoms with Crippen molar-refractivity contribution in [3.8, 4) is 0 Å². The second-order valence-corrected chi connectivity index (χ2v) is 14.5. The van der Waals surface area contributed by atoms with E-state index < -0.39 is 71.2 Å². The molecule has 1 saturated heterocycles. The number of rotatable bonds is 29. The number of unbranched alkanes of at least 4 members (excludes halogenated alkanes) is 8. The maximum absolute atomic E-state index is 12.7. The predicted molar refractivity (Wildman–Crippen MR) is 210 cm³/mol. The Kier molecular flexibility index (Phi) is 28.1. The number of carbonyl (C=O) groups is 2. The Morgan fingerprint density at radius 2 is 1.11 bits per heavy atom. The molecule has 0 aromatic rings. The molecule has 0 aliphatic carbocycles. The highest BCUT2D eigenvalue weighted by Crippen LogP contribution is 2.23. The summed E-state index contributed by atoms with van der Waals surface area (Å²) in [5, 5.41) is 30.7. The summed E-state index contributed by atoms with van der Waals surface area (Å²) in [6.45, 7) is 3.38. The lowest BCUT2D eigenvalue weighted by Crippen LogP contribution is -2.60. The van der Waals surface area contributed by atoms with Crippen molar-refractivity contribution < 1.29 is 56.8 Å². The summed E-state index contributed by atoms with van der Waals surface area (Å²) in [5.74, 6) is -2.08. The highest BCUT2D eigenvalue weighted by atomic mass is 32.2. The van der Waals surface area contributed by atoms with Gasteiger partial charge in [-0.05, 0) is 51.4 Å². The van der Waals surface area contributed by atoms with Crippen LogP contribution in [0.25, 0.3) is 0 Å². The quantitative estimate of drug-likeness (QED) is 0.0278. The van der Waals surface area contributed by atoms with Crippen molar-refractivity contribution in [1.82, 2.24) is 0 Å².